The summed E-state index contributed by atoms with van der Waals surface area (Å²) < 4.78 is 45.7. The summed E-state index contributed by atoms with van der Waals surface area (Å²) in [6, 6.07) is 10.3. The van der Waals surface area contributed by atoms with Crippen LogP contribution in [0.5, 0.6) is 17.2 Å². The largest absolute Gasteiger partial charge is 0.495 e. The Morgan fingerprint density at radius 3 is 2.53 bits per heavy atom. The minimum absolute atomic E-state index is 0.00262. The molecule has 2 heterocycles. The molecule has 34 heavy (non-hydrogen) atoms. The first-order valence-corrected chi connectivity index (χ1v) is 13.4. The predicted octanol–water partition coefficient (Wildman–Crippen LogP) is 3.66. The number of carbonyl (C=O) groups excluding carboxylic acids is 1. The molecule has 3 aliphatic rings. The Balaban J connectivity index is 1.42. The summed E-state index contributed by atoms with van der Waals surface area (Å²) in [4.78, 5) is 15.4. The fourth-order valence-corrected chi connectivity index (χ4v) is 6.64. The van der Waals surface area contributed by atoms with E-state index in [-0.39, 0.29) is 28.6 Å². The van der Waals surface area contributed by atoms with Gasteiger partial charge in [0.1, 0.15) is 23.9 Å². The van der Waals surface area contributed by atoms with Crippen molar-refractivity contribution < 1.29 is 27.4 Å². The molecule has 1 atom stereocenters. The number of rotatable bonds is 6. The normalized spacial score (nSPS) is 20.5. The summed E-state index contributed by atoms with van der Waals surface area (Å²) in [6.07, 6.45) is 5.37. The molecule has 0 spiro atoms. The average molecular weight is 487 g/mol. The minimum atomic E-state index is -3.82. The van der Waals surface area contributed by atoms with E-state index in [9.17, 15) is 13.2 Å². The molecule has 9 heteroatoms. The van der Waals surface area contributed by atoms with E-state index in [4.69, 9.17) is 14.2 Å². The first kappa shape index (κ1) is 23.0. The van der Waals surface area contributed by atoms with Crippen LogP contribution >= 0.6 is 0 Å². The van der Waals surface area contributed by atoms with Gasteiger partial charge in [0.05, 0.1) is 13.2 Å². The van der Waals surface area contributed by atoms with Crippen LogP contribution in [0.25, 0.3) is 0 Å². The number of hydrogen-bond donors (Lipinski definition) is 1. The second kappa shape index (κ2) is 9.46. The number of ether oxygens (including phenoxy) is 3. The zero-order valence-electron chi connectivity index (χ0n) is 19.3. The second-order valence-corrected chi connectivity index (χ2v) is 10.7. The zero-order chi connectivity index (χ0) is 23.7. The Labute approximate surface area is 200 Å². The lowest BCUT2D eigenvalue weighted by molar-refractivity contribution is 0.0735. The molecule has 1 N–H and O–H groups in total. The predicted molar refractivity (Wildman–Crippen MR) is 126 cm³/mol. The maximum absolute atomic E-state index is 13.6. The number of hydrogen-bond acceptors (Lipinski definition) is 6. The standard InChI is InChI=1S/C25H30N2O6S/c1-31-22-11-9-18(16-24(22)34(29,30)26-19-5-2-3-6-19)25(28)27-12-4-7-20(27)17-8-10-21-23(15-17)33-14-13-32-21/h8-11,15-16,19-20,26H,2-7,12-14H2,1H3/t20-/m1/s1. The molecular formula is C25H30N2O6S. The van der Waals surface area contributed by atoms with Crippen molar-refractivity contribution in [1.82, 2.24) is 9.62 Å². The Kier molecular flexibility index (Phi) is 6.40. The molecule has 0 radical (unpaired) electrons. The number of nitrogens with zero attached hydrogens (tertiary/aromatic N) is 1. The fraction of sp³-hybridized carbons (Fsp3) is 0.480. The van der Waals surface area contributed by atoms with E-state index in [0.29, 0.717) is 36.8 Å². The van der Waals surface area contributed by atoms with Crippen LogP contribution in [0, 0.1) is 0 Å². The molecule has 1 saturated heterocycles. The number of benzene rings is 2. The van der Waals surface area contributed by atoms with Crippen LogP contribution in [-0.4, -0.2) is 52.1 Å². The van der Waals surface area contributed by atoms with Gasteiger partial charge in [0.2, 0.25) is 10.0 Å². The number of sulfonamides is 1. The van der Waals surface area contributed by atoms with Crippen LogP contribution in [-0.2, 0) is 10.0 Å². The highest BCUT2D eigenvalue weighted by Gasteiger charge is 2.33. The zero-order valence-corrected chi connectivity index (χ0v) is 20.1. The van der Waals surface area contributed by atoms with Gasteiger partial charge in [0.25, 0.3) is 5.91 Å². The van der Waals surface area contributed by atoms with Crippen molar-refractivity contribution in [3.05, 3.63) is 47.5 Å². The van der Waals surface area contributed by atoms with E-state index in [1.165, 1.54) is 13.2 Å². The summed E-state index contributed by atoms with van der Waals surface area (Å²) in [5.41, 5.74) is 1.32. The van der Waals surface area contributed by atoms with E-state index in [0.717, 1.165) is 44.1 Å². The van der Waals surface area contributed by atoms with Crippen molar-refractivity contribution in [3.8, 4) is 17.2 Å². The summed E-state index contributed by atoms with van der Waals surface area (Å²) in [5, 5.41) is 0. The van der Waals surface area contributed by atoms with Crippen LogP contribution in [0.15, 0.2) is 41.3 Å². The van der Waals surface area contributed by atoms with Crippen LogP contribution < -0.4 is 18.9 Å². The quantitative estimate of drug-likeness (QED) is 0.670. The summed E-state index contributed by atoms with van der Waals surface area (Å²) in [5.74, 6) is 1.44. The smallest absolute Gasteiger partial charge is 0.254 e. The van der Waals surface area contributed by atoms with Crippen LogP contribution in [0.4, 0.5) is 0 Å². The number of nitrogens with one attached hydrogen (secondary N) is 1. The average Bonchev–Trinajstić information content (AvgIpc) is 3.55. The summed E-state index contributed by atoms with van der Waals surface area (Å²) in [7, 11) is -2.38. The van der Waals surface area contributed by atoms with Crippen molar-refractivity contribution in [2.24, 2.45) is 0 Å². The Morgan fingerprint density at radius 2 is 1.76 bits per heavy atom. The van der Waals surface area contributed by atoms with Crippen LogP contribution in [0.1, 0.15) is 60.5 Å². The van der Waals surface area contributed by atoms with Gasteiger partial charge in [-0.2, -0.15) is 0 Å². The van der Waals surface area contributed by atoms with Gasteiger partial charge < -0.3 is 19.1 Å². The van der Waals surface area contributed by atoms with Gasteiger partial charge in [-0.05, 0) is 61.6 Å². The molecular weight excluding hydrogens is 456 g/mol. The molecule has 1 aliphatic carbocycles. The van der Waals surface area contributed by atoms with Gasteiger partial charge in [0.15, 0.2) is 11.5 Å². The van der Waals surface area contributed by atoms with E-state index < -0.39 is 10.0 Å². The Bertz CT molecular complexity index is 1180. The molecule has 2 aromatic rings. The van der Waals surface area contributed by atoms with E-state index in [2.05, 4.69) is 4.72 Å². The first-order valence-electron chi connectivity index (χ1n) is 11.9. The maximum Gasteiger partial charge on any atom is 0.254 e. The molecule has 8 nitrogen and oxygen atoms in total. The van der Waals surface area contributed by atoms with Crippen molar-refractivity contribution in [2.75, 3.05) is 26.9 Å². The molecule has 1 amide bonds. The molecule has 182 valence electrons. The number of likely N-dealkylation sites (tertiary alicyclic amines) is 1. The Morgan fingerprint density at radius 1 is 1.00 bits per heavy atom. The molecule has 0 bridgehead atoms. The van der Waals surface area contributed by atoms with Gasteiger partial charge in [-0.15, -0.1) is 0 Å². The molecule has 0 aromatic heterocycles. The number of amides is 1. The SMILES string of the molecule is COc1ccc(C(=O)N2CCC[C@@H]2c2ccc3c(c2)OCCO3)cc1S(=O)(=O)NC1CCCC1. The highest BCUT2D eigenvalue weighted by molar-refractivity contribution is 7.89. The van der Waals surface area contributed by atoms with Crippen LogP contribution in [0.3, 0.4) is 0 Å². The topological polar surface area (TPSA) is 94.2 Å². The summed E-state index contributed by atoms with van der Waals surface area (Å²) >= 11 is 0. The summed E-state index contributed by atoms with van der Waals surface area (Å²) in [6.45, 7) is 1.63. The van der Waals surface area contributed by atoms with Gasteiger partial charge in [-0.3, -0.25) is 4.79 Å². The first-order chi connectivity index (χ1) is 16.5. The lowest BCUT2D eigenvalue weighted by Gasteiger charge is -2.27. The third-order valence-electron chi connectivity index (χ3n) is 6.84. The second-order valence-electron chi connectivity index (χ2n) is 9.03. The van der Waals surface area contributed by atoms with E-state index in [1.54, 1.807) is 12.1 Å². The van der Waals surface area contributed by atoms with Crippen molar-refractivity contribution >= 4 is 15.9 Å². The van der Waals surface area contributed by atoms with Gasteiger partial charge in [-0.1, -0.05) is 18.9 Å². The van der Waals surface area contributed by atoms with Crippen molar-refractivity contribution in [1.29, 1.82) is 0 Å². The Hall–Kier alpha value is -2.78. The van der Waals surface area contributed by atoms with Crippen LogP contribution in [0.2, 0.25) is 0 Å². The van der Waals surface area contributed by atoms with Gasteiger partial charge in [0, 0.05) is 18.2 Å². The third-order valence-corrected chi connectivity index (χ3v) is 8.38. The highest BCUT2D eigenvalue weighted by atomic mass is 32.2. The highest BCUT2D eigenvalue weighted by Crippen LogP contribution is 2.39. The van der Waals surface area contributed by atoms with E-state index in [1.807, 2.05) is 23.1 Å². The fourth-order valence-electron chi connectivity index (χ4n) is 5.14. The third kappa shape index (κ3) is 4.46. The molecule has 2 aliphatic heterocycles. The minimum Gasteiger partial charge on any atom is -0.495 e. The van der Waals surface area contributed by atoms with Gasteiger partial charge >= 0.3 is 0 Å². The number of methoxy groups -OCH3 is 1. The van der Waals surface area contributed by atoms with Crippen molar-refractivity contribution in [3.63, 3.8) is 0 Å². The lowest BCUT2D eigenvalue weighted by atomic mass is 10.0. The molecule has 2 aromatic carbocycles. The molecule has 2 fully saturated rings. The monoisotopic (exact) mass is 486 g/mol. The molecule has 0 unspecified atom stereocenters. The lowest BCUT2D eigenvalue weighted by Crippen LogP contribution is -2.33. The molecule has 1 saturated carbocycles. The number of fused-ring (bicyclic) bond motifs is 1. The van der Waals surface area contributed by atoms with Crippen molar-refractivity contribution in [2.45, 2.75) is 55.5 Å². The molecule has 5 rings (SSSR count). The number of carbonyl (C=O) groups is 1. The van der Waals surface area contributed by atoms with E-state index >= 15 is 0 Å². The van der Waals surface area contributed by atoms with Gasteiger partial charge in [-0.25, -0.2) is 13.1 Å². The maximum atomic E-state index is 13.6.